The molecule has 1 atom stereocenters. The van der Waals surface area contributed by atoms with Gasteiger partial charge in [0.25, 0.3) is 0 Å². The van der Waals surface area contributed by atoms with E-state index in [0.717, 1.165) is 5.69 Å². The molecule has 20 heavy (non-hydrogen) atoms. The van der Waals surface area contributed by atoms with Crippen molar-refractivity contribution < 1.29 is 0 Å². The zero-order chi connectivity index (χ0) is 13.8. The van der Waals surface area contributed by atoms with Crippen LogP contribution < -0.4 is 0 Å². The minimum absolute atomic E-state index is 0.188. The van der Waals surface area contributed by atoms with Crippen molar-refractivity contribution in [1.29, 1.82) is 0 Å². The zero-order valence-electron chi connectivity index (χ0n) is 11.2. The summed E-state index contributed by atoms with van der Waals surface area (Å²) in [6.07, 6.45) is 6.03. The molecule has 0 fully saturated rings. The third-order valence-corrected chi connectivity index (χ3v) is 4.01. The Kier molecular flexibility index (Phi) is 3.74. The highest BCUT2D eigenvalue weighted by Crippen LogP contribution is 2.17. The van der Waals surface area contributed by atoms with Crippen molar-refractivity contribution in [1.82, 2.24) is 15.0 Å². The van der Waals surface area contributed by atoms with Gasteiger partial charge in [-0.3, -0.25) is 0 Å². The van der Waals surface area contributed by atoms with Crippen LogP contribution in [0.5, 0.6) is 0 Å². The third-order valence-electron chi connectivity index (χ3n) is 3.17. The Morgan fingerprint density at radius 1 is 1.10 bits per heavy atom. The summed E-state index contributed by atoms with van der Waals surface area (Å²) in [5.41, 5.74) is 2.10. The fourth-order valence-electron chi connectivity index (χ4n) is 1.99. The Morgan fingerprint density at radius 2 is 1.95 bits per heavy atom. The molecule has 1 aromatic carbocycles. The van der Waals surface area contributed by atoms with Gasteiger partial charge in [-0.2, -0.15) is 0 Å². The molecule has 0 aliphatic rings. The number of nitrogens with zero attached hydrogens (tertiary/aromatic N) is 3. The monoisotopic (exact) mass is 281 g/mol. The molecule has 2 heterocycles. The molecule has 0 bridgehead atoms. The summed E-state index contributed by atoms with van der Waals surface area (Å²) in [4.78, 5) is 1.22. The Bertz CT molecular complexity index is 684. The summed E-state index contributed by atoms with van der Waals surface area (Å²) < 4.78 is 1.89. The van der Waals surface area contributed by atoms with Crippen molar-refractivity contribution in [2.75, 3.05) is 0 Å². The van der Waals surface area contributed by atoms with Crippen LogP contribution >= 0.6 is 11.3 Å². The third kappa shape index (κ3) is 2.86. The standard InChI is InChI=1S/C16H15N3S/c1-13(14-6-3-2-4-7-14)19-12-15(17-18-19)9-10-16-8-5-11-20-16/h2-13H,1H3/b10-9-. The first kappa shape index (κ1) is 12.8. The van der Waals surface area contributed by atoms with E-state index in [1.54, 1.807) is 11.3 Å². The Balaban J connectivity index is 1.77. The normalized spacial score (nSPS) is 12.8. The molecule has 0 radical (unpaired) electrons. The maximum atomic E-state index is 4.21. The molecule has 4 heteroatoms. The summed E-state index contributed by atoms with van der Waals surface area (Å²) in [6.45, 7) is 2.12. The van der Waals surface area contributed by atoms with Gasteiger partial charge in [-0.1, -0.05) is 41.6 Å². The fourth-order valence-corrected chi connectivity index (χ4v) is 2.61. The second-order valence-corrected chi connectivity index (χ2v) is 5.54. The van der Waals surface area contributed by atoms with E-state index < -0.39 is 0 Å². The molecular formula is C16H15N3S. The van der Waals surface area contributed by atoms with Crippen molar-refractivity contribution in [3.05, 3.63) is 70.2 Å². The maximum Gasteiger partial charge on any atom is 0.105 e. The molecule has 2 aromatic heterocycles. The molecule has 0 spiro atoms. The van der Waals surface area contributed by atoms with Gasteiger partial charge in [0.2, 0.25) is 0 Å². The van der Waals surface area contributed by atoms with Crippen molar-refractivity contribution in [3.63, 3.8) is 0 Å². The van der Waals surface area contributed by atoms with E-state index in [4.69, 9.17) is 0 Å². The second kappa shape index (κ2) is 5.84. The Morgan fingerprint density at radius 3 is 2.70 bits per heavy atom. The van der Waals surface area contributed by atoms with Gasteiger partial charge < -0.3 is 0 Å². The summed E-state index contributed by atoms with van der Waals surface area (Å²) in [5.74, 6) is 0. The largest absolute Gasteiger partial charge is 0.245 e. The van der Waals surface area contributed by atoms with Crippen LogP contribution in [-0.2, 0) is 0 Å². The van der Waals surface area contributed by atoms with Crippen LogP contribution in [0.25, 0.3) is 12.2 Å². The minimum Gasteiger partial charge on any atom is -0.245 e. The van der Waals surface area contributed by atoms with Crippen LogP contribution in [0.3, 0.4) is 0 Å². The van der Waals surface area contributed by atoms with Gasteiger partial charge in [-0.15, -0.1) is 16.4 Å². The van der Waals surface area contributed by atoms with Crippen LogP contribution in [0.15, 0.2) is 54.0 Å². The zero-order valence-corrected chi connectivity index (χ0v) is 12.0. The average molecular weight is 281 g/mol. The Labute approximate surface area is 122 Å². The highest BCUT2D eigenvalue weighted by Gasteiger charge is 2.08. The van der Waals surface area contributed by atoms with Gasteiger partial charge in [-0.05, 0) is 36.1 Å². The lowest BCUT2D eigenvalue weighted by molar-refractivity contribution is 0.543. The molecule has 0 N–H and O–H groups in total. The van der Waals surface area contributed by atoms with E-state index in [1.807, 2.05) is 41.2 Å². The van der Waals surface area contributed by atoms with Crippen LogP contribution in [0.2, 0.25) is 0 Å². The molecule has 3 rings (SSSR count). The number of hydrogen-bond acceptors (Lipinski definition) is 3. The summed E-state index contributed by atoms with van der Waals surface area (Å²) in [6, 6.07) is 14.6. The molecule has 0 amide bonds. The fraction of sp³-hybridized carbons (Fsp3) is 0.125. The summed E-state index contributed by atoms with van der Waals surface area (Å²) in [5, 5.41) is 10.5. The minimum atomic E-state index is 0.188. The van der Waals surface area contributed by atoms with Gasteiger partial charge in [0.15, 0.2) is 0 Å². The molecule has 100 valence electrons. The first-order chi connectivity index (χ1) is 9.83. The van der Waals surface area contributed by atoms with Crippen LogP contribution in [0.1, 0.15) is 29.1 Å². The van der Waals surface area contributed by atoms with E-state index in [2.05, 4.69) is 46.9 Å². The van der Waals surface area contributed by atoms with Crippen molar-refractivity contribution in [3.8, 4) is 0 Å². The quantitative estimate of drug-likeness (QED) is 0.720. The van der Waals surface area contributed by atoms with E-state index in [9.17, 15) is 0 Å². The molecule has 0 aliphatic heterocycles. The van der Waals surface area contributed by atoms with Crippen LogP contribution in [0.4, 0.5) is 0 Å². The van der Waals surface area contributed by atoms with Crippen molar-refractivity contribution in [2.45, 2.75) is 13.0 Å². The van der Waals surface area contributed by atoms with E-state index >= 15 is 0 Å². The maximum absolute atomic E-state index is 4.21. The molecule has 1 unspecified atom stereocenters. The molecule has 0 saturated heterocycles. The number of aromatic nitrogens is 3. The van der Waals surface area contributed by atoms with Gasteiger partial charge in [0.05, 0.1) is 12.2 Å². The topological polar surface area (TPSA) is 30.7 Å². The average Bonchev–Trinajstić information content (AvgIpc) is 3.17. The van der Waals surface area contributed by atoms with E-state index in [-0.39, 0.29) is 6.04 Å². The lowest BCUT2D eigenvalue weighted by Gasteiger charge is -2.10. The molecule has 3 nitrogen and oxygen atoms in total. The smallest absolute Gasteiger partial charge is 0.105 e. The van der Waals surface area contributed by atoms with Gasteiger partial charge in [0.1, 0.15) is 5.69 Å². The van der Waals surface area contributed by atoms with E-state index in [1.165, 1.54) is 10.4 Å². The first-order valence-electron chi connectivity index (χ1n) is 6.51. The SMILES string of the molecule is CC(c1ccccc1)n1cc(/C=C\c2cccs2)nn1. The van der Waals surface area contributed by atoms with Gasteiger partial charge in [0, 0.05) is 4.88 Å². The summed E-state index contributed by atoms with van der Waals surface area (Å²) >= 11 is 1.71. The van der Waals surface area contributed by atoms with Crippen LogP contribution in [0, 0.1) is 0 Å². The number of hydrogen-bond donors (Lipinski definition) is 0. The highest BCUT2D eigenvalue weighted by atomic mass is 32.1. The Hall–Kier alpha value is -2.20. The molecule has 3 aromatic rings. The lowest BCUT2D eigenvalue weighted by atomic mass is 10.1. The summed E-state index contributed by atoms with van der Waals surface area (Å²) in [7, 11) is 0. The van der Waals surface area contributed by atoms with Crippen molar-refractivity contribution >= 4 is 23.5 Å². The predicted octanol–water partition coefficient (Wildman–Crippen LogP) is 4.12. The number of benzene rings is 1. The second-order valence-electron chi connectivity index (χ2n) is 4.56. The molecular weight excluding hydrogens is 266 g/mol. The number of thiophene rings is 1. The molecule has 0 aliphatic carbocycles. The van der Waals surface area contributed by atoms with Gasteiger partial charge >= 0.3 is 0 Å². The van der Waals surface area contributed by atoms with Gasteiger partial charge in [-0.25, -0.2) is 4.68 Å². The van der Waals surface area contributed by atoms with E-state index in [0.29, 0.717) is 0 Å². The first-order valence-corrected chi connectivity index (χ1v) is 7.39. The predicted molar refractivity (Wildman–Crippen MR) is 83.5 cm³/mol. The number of rotatable bonds is 4. The van der Waals surface area contributed by atoms with Crippen LogP contribution in [-0.4, -0.2) is 15.0 Å². The highest BCUT2D eigenvalue weighted by molar-refractivity contribution is 7.10. The van der Waals surface area contributed by atoms with Crippen molar-refractivity contribution in [2.24, 2.45) is 0 Å². The lowest BCUT2D eigenvalue weighted by Crippen LogP contribution is -2.07. The molecule has 0 saturated carbocycles.